The molecule has 0 N–H and O–H groups in total. The molecule has 4 nitrogen and oxygen atoms in total. The molecule has 4 heteroatoms. The Morgan fingerprint density at radius 3 is 2.43 bits per heavy atom. The van der Waals surface area contributed by atoms with E-state index >= 15 is 0 Å². The number of carbonyl (C=O) groups excluding carboxylic acids is 2. The smallest absolute Gasteiger partial charge is 0.257 e. The molecule has 0 saturated heterocycles. The molecule has 0 atom stereocenters. The third-order valence-corrected chi connectivity index (χ3v) is 4.33. The zero-order valence-corrected chi connectivity index (χ0v) is 11.6. The van der Waals surface area contributed by atoms with Crippen LogP contribution in [0, 0.1) is 0 Å². The van der Waals surface area contributed by atoms with E-state index in [-0.39, 0.29) is 11.8 Å². The number of hydrogen-bond donors (Lipinski definition) is 0. The van der Waals surface area contributed by atoms with Crippen LogP contribution in [-0.4, -0.2) is 16.7 Å². The SMILES string of the molecule is O=C1C2=C(CCCC2)C(=O)N1Cc1ccc2occc2c1. The lowest BCUT2D eigenvalue weighted by Gasteiger charge is -2.15. The molecule has 1 aromatic heterocycles. The topological polar surface area (TPSA) is 50.5 Å². The van der Waals surface area contributed by atoms with E-state index in [9.17, 15) is 9.59 Å². The molecule has 21 heavy (non-hydrogen) atoms. The molecule has 2 heterocycles. The molecule has 0 saturated carbocycles. The maximum Gasteiger partial charge on any atom is 0.257 e. The lowest BCUT2D eigenvalue weighted by Crippen LogP contribution is -2.31. The summed E-state index contributed by atoms with van der Waals surface area (Å²) in [4.78, 5) is 26.2. The Morgan fingerprint density at radius 1 is 1.00 bits per heavy atom. The number of carbonyl (C=O) groups is 2. The van der Waals surface area contributed by atoms with Crippen molar-refractivity contribution in [3.05, 3.63) is 47.2 Å². The van der Waals surface area contributed by atoms with E-state index in [0.29, 0.717) is 6.54 Å². The fourth-order valence-corrected chi connectivity index (χ4v) is 3.24. The Hall–Kier alpha value is -2.36. The van der Waals surface area contributed by atoms with Gasteiger partial charge in [-0.1, -0.05) is 6.07 Å². The normalized spacial score (nSPS) is 18.8. The summed E-state index contributed by atoms with van der Waals surface area (Å²) in [6.45, 7) is 0.339. The number of imide groups is 1. The molecular weight excluding hydrogens is 266 g/mol. The Balaban J connectivity index is 1.63. The minimum Gasteiger partial charge on any atom is -0.464 e. The predicted molar refractivity (Wildman–Crippen MR) is 77.3 cm³/mol. The highest BCUT2D eigenvalue weighted by Crippen LogP contribution is 2.33. The summed E-state index contributed by atoms with van der Waals surface area (Å²) in [5.41, 5.74) is 3.26. The lowest BCUT2D eigenvalue weighted by atomic mass is 9.93. The summed E-state index contributed by atoms with van der Waals surface area (Å²) < 4.78 is 5.31. The molecule has 1 aromatic carbocycles. The molecule has 2 aromatic rings. The van der Waals surface area contributed by atoms with Gasteiger partial charge in [-0.15, -0.1) is 0 Å². The van der Waals surface area contributed by atoms with Crippen molar-refractivity contribution in [2.45, 2.75) is 32.2 Å². The van der Waals surface area contributed by atoms with Gasteiger partial charge in [0.2, 0.25) is 0 Å². The van der Waals surface area contributed by atoms with E-state index in [2.05, 4.69) is 0 Å². The monoisotopic (exact) mass is 281 g/mol. The van der Waals surface area contributed by atoms with E-state index in [1.54, 1.807) is 6.26 Å². The molecule has 4 rings (SSSR count). The fraction of sp³-hybridized carbons (Fsp3) is 0.294. The van der Waals surface area contributed by atoms with Crippen LogP contribution in [0.1, 0.15) is 31.2 Å². The maximum atomic E-state index is 12.4. The summed E-state index contributed by atoms with van der Waals surface area (Å²) in [5, 5.41) is 0.990. The highest BCUT2D eigenvalue weighted by molar-refractivity contribution is 6.19. The number of nitrogens with zero attached hydrogens (tertiary/aromatic N) is 1. The number of benzene rings is 1. The number of fused-ring (bicyclic) bond motifs is 1. The molecule has 0 spiro atoms. The fourth-order valence-electron chi connectivity index (χ4n) is 3.24. The van der Waals surface area contributed by atoms with E-state index < -0.39 is 0 Å². The average molecular weight is 281 g/mol. The van der Waals surface area contributed by atoms with E-state index in [1.165, 1.54) is 4.90 Å². The van der Waals surface area contributed by atoms with Crippen molar-refractivity contribution >= 4 is 22.8 Å². The maximum absolute atomic E-state index is 12.4. The first kappa shape index (κ1) is 12.4. The van der Waals surface area contributed by atoms with Crippen LogP contribution in [0.4, 0.5) is 0 Å². The van der Waals surface area contributed by atoms with E-state index in [0.717, 1.165) is 53.4 Å². The van der Waals surface area contributed by atoms with Gasteiger partial charge in [-0.05, 0) is 49.4 Å². The summed E-state index contributed by atoms with van der Waals surface area (Å²) in [6, 6.07) is 7.64. The zero-order valence-electron chi connectivity index (χ0n) is 11.6. The van der Waals surface area contributed by atoms with Crippen LogP contribution >= 0.6 is 0 Å². The van der Waals surface area contributed by atoms with Gasteiger partial charge in [0.15, 0.2) is 0 Å². The van der Waals surface area contributed by atoms with Crippen LogP contribution in [0.5, 0.6) is 0 Å². The predicted octanol–water partition coefficient (Wildman–Crippen LogP) is 3.17. The third kappa shape index (κ3) is 1.90. The number of hydrogen-bond acceptors (Lipinski definition) is 3. The van der Waals surface area contributed by atoms with Crippen LogP contribution in [-0.2, 0) is 16.1 Å². The van der Waals surface area contributed by atoms with Gasteiger partial charge in [0, 0.05) is 16.5 Å². The summed E-state index contributed by atoms with van der Waals surface area (Å²) in [7, 11) is 0. The Bertz CT molecular complexity index is 756. The molecule has 1 aliphatic heterocycles. The molecule has 1 aliphatic carbocycles. The van der Waals surface area contributed by atoms with Crippen molar-refractivity contribution in [3.63, 3.8) is 0 Å². The first-order valence-corrected chi connectivity index (χ1v) is 7.28. The Morgan fingerprint density at radius 2 is 1.71 bits per heavy atom. The first-order chi connectivity index (χ1) is 10.2. The van der Waals surface area contributed by atoms with Crippen LogP contribution < -0.4 is 0 Å². The van der Waals surface area contributed by atoms with Crippen LogP contribution in [0.3, 0.4) is 0 Å². The van der Waals surface area contributed by atoms with Crippen molar-refractivity contribution in [3.8, 4) is 0 Å². The van der Waals surface area contributed by atoms with Crippen LogP contribution in [0.2, 0.25) is 0 Å². The Kier molecular flexibility index (Phi) is 2.70. The van der Waals surface area contributed by atoms with E-state index in [4.69, 9.17) is 4.42 Å². The second-order valence-corrected chi connectivity index (χ2v) is 5.65. The number of rotatable bonds is 2. The van der Waals surface area contributed by atoms with E-state index in [1.807, 2.05) is 24.3 Å². The average Bonchev–Trinajstić information content (AvgIpc) is 3.06. The van der Waals surface area contributed by atoms with Crippen LogP contribution in [0.15, 0.2) is 46.1 Å². The first-order valence-electron chi connectivity index (χ1n) is 7.28. The molecule has 2 amide bonds. The largest absolute Gasteiger partial charge is 0.464 e. The van der Waals surface area contributed by atoms with Crippen molar-refractivity contribution in [2.75, 3.05) is 0 Å². The van der Waals surface area contributed by atoms with Gasteiger partial charge in [0.25, 0.3) is 11.8 Å². The Labute approximate surface area is 122 Å². The molecule has 0 unspecified atom stereocenters. The summed E-state index contributed by atoms with van der Waals surface area (Å²) in [5.74, 6) is -0.191. The van der Waals surface area contributed by atoms with Crippen molar-refractivity contribution in [1.82, 2.24) is 4.90 Å². The standard InChI is InChI=1S/C17H15NO3/c19-16-13-3-1-2-4-14(13)17(20)18(16)10-11-5-6-15-12(9-11)7-8-21-15/h5-9H,1-4,10H2. The van der Waals surface area contributed by atoms with Gasteiger partial charge >= 0.3 is 0 Å². The van der Waals surface area contributed by atoms with Gasteiger partial charge in [0.1, 0.15) is 5.58 Å². The van der Waals surface area contributed by atoms with Gasteiger partial charge in [-0.3, -0.25) is 14.5 Å². The highest BCUT2D eigenvalue weighted by Gasteiger charge is 2.38. The quantitative estimate of drug-likeness (QED) is 0.794. The minimum absolute atomic E-state index is 0.0954. The van der Waals surface area contributed by atoms with Crippen molar-refractivity contribution in [1.29, 1.82) is 0 Å². The molecular formula is C17H15NO3. The zero-order chi connectivity index (χ0) is 14.4. The second-order valence-electron chi connectivity index (χ2n) is 5.65. The van der Waals surface area contributed by atoms with Gasteiger partial charge in [0.05, 0.1) is 12.8 Å². The molecule has 0 bridgehead atoms. The lowest BCUT2D eigenvalue weighted by molar-refractivity contribution is -0.138. The van der Waals surface area contributed by atoms with Crippen molar-refractivity contribution < 1.29 is 14.0 Å². The third-order valence-electron chi connectivity index (χ3n) is 4.33. The number of furan rings is 1. The minimum atomic E-state index is -0.0954. The molecule has 106 valence electrons. The molecule has 2 aliphatic rings. The second kappa shape index (κ2) is 4.58. The highest BCUT2D eigenvalue weighted by atomic mass is 16.3. The summed E-state index contributed by atoms with van der Waals surface area (Å²) >= 11 is 0. The molecule has 0 fully saturated rings. The van der Waals surface area contributed by atoms with Crippen LogP contribution in [0.25, 0.3) is 11.0 Å². The van der Waals surface area contributed by atoms with Gasteiger partial charge < -0.3 is 4.42 Å². The van der Waals surface area contributed by atoms with Crippen molar-refractivity contribution in [2.24, 2.45) is 0 Å². The van der Waals surface area contributed by atoms with Gasteiger partial charge in [-0.25, -0.2) is 0 Å². The molecule has 0 radical (unpaired) electrons. The van der Waals surface area contributed by atoms with Gasteiger partial charge in [-0.2, -0.15) is 0 Å². The summed E-state index contributed by atoms with van der Waals surface area (Å²) in [6.07, 6.45) is 5.15. The number of amides is 2.